The van der Waals surface area contributed by atoms with Gasteiger partial charge in [-0.15, -0.1) is 0 Å². The first-order valence-corrected chi connectivity index (χ1v) is 6.43. The van der Waals surface area contributed by atoms with Crippen LogP contribution in [0.5, 0.6) is 5.75 Å². The number of nitrogens with zero attached hydrogens (tertiary/aromatic N) is 1. The number of methoxy groups -OCH3 is 1. The fraction of sp³-hybridized carbons (Fsp3) is 0.429. The number of rotatable bonds is 3. The number of carboxylic acids is 1. The van der Waals surface area contributed by atoms with E-state index in [1.165, 1.54) is 7.11 Å². The number of benzene rings is 1. The molecule has 0 aliphatic carbocycles. The zero-order valence-electron chi connectivity index (χ0n) is 11.5. The molecular weight excluding hydrogens is 260 g/mol. The van der Waals surface area contributed by atoms with Crippen molar-refractivity contribution in [3.8, 4) is 5.75 Å². The zero-order valence-corrected chi connectivity index (χ0v) is 11.5. The van der Waals surface area contributed by atoms with Crippen molar-refractivity contribution < 1.29 is 19.4 Å². The van der Waals surface area contributed by atoms with Crippen molar-refractivity contribution in [1.82, 2.24) is 4.90 Å². The van der Waals surface area contributed by atoms with Gasteiger partial charge in [-0.1, -0.05) is 0 Å². The summed E-state index contributed by atoms with van der Waals surface area (Å²) < 4.78 is 5.09. The molecule has 2 atom stereocenters. The molecule has 108 valence electrons. The highest BCUT2D eigenvalue weighted by Gasteiger charge is 2.38. The number of amides is 1. The maximum Gasteiger partial charge on any atom is 0.308 e. The van der Waals surface area contributed by atoms with Crippen molar-refractivity contribution >= 4 is 17.6 Å². The summed E-state index contributed by atoms with van der Waals surface area (Å²) in [6.07, 6.45) is 0.464. The average Bonchev–Trinajstić information content (AvgIpc) is 2.80. The lowest BCUT2D eigenvalue weighted by Gasteiger charge is -2.24. The summed E-state index contributed by atoms with van der Waals surface area (Å²) in [6, 6.07) is 4.53. The lowest BCUT2D eigenvalue weighted by atomic mass is 10.0. The number of likely N-dealkylation sites (tertiary alicyclic amines) is 1. The smallest absolute Gasteiger partial charge is 0.308 e. The van der Waals surface area contributed by atoms with Gasteiger partial charge in [0.05, 0.1) is 18.6 Å². The van der Waals surface area contributed by atoms with Crippen molar-refractivity contribution in [3.05, 3.63) is 23.8 Å². The molecule has 1 saturated heterocycles. The first-order chi connectivity index (χ1) is 9.45. The quantitative estimate of drug-likeness (QED) is 0.811. The second-order valence-corrected chi connectivity index (χ2v) is 4.93. The zero-order chi connectivity index (χ0) is 14.9. The van der Waals surface area contributed by atoms with Gasteiger partial charge in [-0.2, -0.15) is 0 Å². The van der Waals surface area contributed by atoms with Gasteiger partial charge in [0.2, 0.25) is 0 Å². The van der Waals surface area contributed by atoms with Gasteiger partial charge in [-0.25, -0.2) is 0 Å². The van der Waals surface area contributed by atoms with Crippen LogP contribution in [-0.4, -0.2) is 41.6 Å². The van der Waals surface area contributed by atoms with Crippen molar-refractivity contribution in [1.29, 1.82) is 0 Å². The van der Waals surface area contributed by atoms with Gasteiger partial charge in [-0.05, 0) is 31.5 Å². The third-order valence-electron chi connectivity index (χ3n) is 3.82. The van der Waals surface area contributed by atoms with Gasteiger partial charge >= 0.3 is 5.97 Å². The predicted molar refractivity (Wildman–Crippen MR) is 73.6 cm³/mol. The Balaban J connectivity index is 2.26. The van der Waals surface area contributed by atoms with Gasteiger partial charge in [-0.3, -0.25) is 9.59 Å². The molecule has 0 radical (unpaired) electrons. The molecule has 20 heavy (non-hydrogen) atoms. The highest BCUT2D eigenvalue weighted by atomic mass is 16.5. The molecule has 2 unspecified atom stereocenters. The van der Waals surface area contributed by atoms with Crippen molar-refractivity contribution in [2.24, 2.45) is 5.92 Å². The largest absolute Gasteiger partial charge is 0.497 e. The van der Waals surface area contributed by atoms with E-state index in [4.69, 9.17) is 15.6 Å². The summed E-state index contributed by atoms with van der Waals surface area (Å²) in [5.74, 6) is -1.10. The van der Waals surface area contributed by atoms with Crippen molar-refractivity contribution in [2.75, 3.05) is 19.4 Å². The highest BCUT2D eigenvalue weighted by Crippen LogP contribution is 2.28. The molecular formula is C14H18N2O4. The Hall–Kier alpha value is -2.24. The summed E-state index contributed by atoms with van der Waals surface area (Å²) in [5.41, 5.74) is 6.55. The molecule has 1 aromatic rings. The Morgan fingerprint density at radius 1 is 1.45 bits per heavy atom. The van der Waals surface area contributed by atoms with Crippen LogP contribution in [0.1, 0.15) is 23.7 Å². The number of carbonyl (C=O) groups is 2. The fourth-order valence-electron chi connectivity index (χ4n) is 2.56. The summed E-state index contributed by atoms with van der Waals surface area (Å²) in [5, 5.41) is 9.11. The Morgan fingerprint density at radius 2 is 2.15 bits per heavy atom. The van der Waals surface area contributed by atoms with Crippen LogP contribution in [0.25, 0.3) is 0 Å². The summed E-state index contributed by atoms with van der Waals surface area (Å²) in [6.45, 7) is 2.17. The van der Waals surface area contributed by atoms with Crippen LogP contribution in [0.4, 0.5) is 5.69 Å². The Labute approximate surface area is 117 Å². The molecule has 6 heteroatoms. The van der Waals surface area contributed by atoms with E-state index in [1.54, 1.807) is 30.0 Å². The molecule has 3 N–H and O–H groups in total. The lowest BCUT2D eigenvalue weighted by molar-refractivity contribution is -0.142. The van der Waals surface area contributed by atoms with E-state index in [2.05, 4.69) is 0 Å². The Morgan fingerprint density at radius 3 is 2.70 bits per heavy atom. The Bertz CT molecular complexity index is 544. The molecule has 1 aliphatic heterocycles. The number of anilines is 1. The third-order valence-corrected chi connectivity index (χ3v) is 3.82. The van der Waals surface area contributed by atoms with Crippen LogP contribution in [0.15, 0.2) is 18.2 Å². The topological polar surface area (TPSA) is 92.9 Å². The number of ether oxygens (including phenoxy) is 1. The van der Waals surface area contributed by atoms with Crippen molar-refractivity contribution in [3.63, 3.8) is 0 Å². The second kappa shape index (κ2) is 5.40. The molecule has 1 amide bonds. The lowest BCUT2D eigenvalue weighted by Crippen LogP contribution is -2.38. The van der Waals surface area contributed by atoms with E-state index in [0.717, 1.165) is 0 Å². The molecule has 0 saturated carbocycles. The van der Waals surface area contributed by atoms with Crippen LogP contribution in [-0.2, 0) is 4.79 Å². The monoisotopic (exact) mass is 278 g/mol. The highest BCUT2D eigenvalue weighted by molar-refractivity contribution is 6.00. The van der Waals surface area contributed by atoms with E-state index in [1.807, 2.05) is 0 Å². The predicted octanol–water partition coefficient (Wildman–Crippen LogP) is 1.21. The van der Waals surface area contributed by atoms with Crippen molar-refractivity contribution in [2.45, 2.75) is 19.4 Å². The molecule has 0 bridgehead atoms. The van der Waals surface area contributed by atoms with Crippen LogP contribution >= 0.6 is 0 Å². The van der Waals surface area contributed by atoms with E-state index in [9.17, 15) is 9.59 Å². The minimum atomic E-state index is -0.869. The fourth-order valence-corrected chi connectivity index (χ4v) is 2.56. The summed E-state index contributed by atoms with van der Waals surface area (Å²) in [4.78, 5) is 25.2. The molecule has 6 nitrogen and oxygen atoms in total. The number of carboxylic acid groups (broad SMARTS) is 1. The van der Waals surface area contributed by atoms with Gasteiger partial charge < -0.3 is 20.5 Å². The van der Waals surface area contributed by atoms with Crippen LogP contribution in [0, 0.1) is 5.92 Å². The first-order valence-electron chi connectivity index (χ1n) is 6.43. The molecule has 1 heterocycles. The van der Waals surface area contributed by atoms with E-state index in [0.29, 0.717) is 30.0 Å². The Kier molecular flexibility index (Phi) is 3.83. The molecule has 0 spiro atoms. The number of hydrogen-bond donors (Lipinski definition) is 2. The third kappa shape index (κ3) is 2.41. The first kappa shape index (κ1) is 14.2. The van der Waals surface area contributed by atoms with E-state index >= 15 is 0 Å². The number of aliphatic carboxylic acids is 1. The molecule has 1 aliphatic rings. The van der Waals surface area contributed by atoms with Gasteiger partial charge in [0.15, 0.2) is 0 Å². The standard InChI is InChI=1S/C14H18N2O4/c1-8-10(14(18)19)5-6-16(8)13(17)11-7-9(20-2)3-4-12(11)15/h3-4,7-8,10H,5-6,15H2,1-2H3,(H,18,19). The van der Waals surface area contributed by atoms with E-state index in [-0.39, 0.29) is 11.9 Å². The number of nitrogen functional groups attached to an aromatic ring is 1. The maximum atomic E-state index is 12.5. The summed E-state index contributed by atoms with van der Waals surface area (Å²) in [7, 11) is 1.51. The van der Waals surface area contributed by atoms with Gasteiger partial charge in [0.25, 0.3) is 5.91 Å². The minimum Gasteiger partial charge on any atom is -0.497 e. The minimum absolute atomic E-state index is 0.252. The number of nitrogens with two attached hydrogens (primary N) is 1. The average molecular weight is 278 g/mol. The molecule has 1 fully saturated rings. The van der Waals surface area contributed by atoms with E-state index < -0.39 is 11.9 Å². The van der Waals surface area contributed by atoms with Crippen LogP contribution < -0.4 is 10.5 Å². The summed E-state index contributed by atoms with van der Waals surface area (Å²) >= 11 is 0. The maximum absolute atomic E-state index is 12.5. The SMILES string of the molecule is COc1ccc(N)c(C(=O)N2CCC(C(=O)O)C2C)c1. The van der Waals surface area contributed by atoms with Gasteiger partial charge in [0, 0.05) is 18.3 Å². The van der Waals surface area contributed by atoms with Gasteiger partial charge in [0.1, 0.15) is 5.75 Å². The molecule has 0 aromatic heterocycles. The van der Waals surface area contributed by atoms with Crippen LogP contribution in [0.2, 0.25) is 0 Å². The number of carbonyl (C=O) groups excluding carboxylic acids is 1. The van der Waals surface area contributed by atoms with Crippen LogP contribution in [0.3, 0.4) is 0 Å². The normalized spacial score (nSPS) is 21.8. The number of hydrogen-bond acceptors (Lipinski definition) is 4. The second-order valence-electron chi connectivity index (χ2n) is 4.93. The molecule has 1 aromatic carbocycles. The molecule has 2 rings (SSSR count).